The van der Waals surface area contributed by atoms with Crippen molar-refractivity contribution >= 4 is 5.91 Å². The Hall–Kier alpha value is -1.42. The Bertz CT molecular complexity index is 464. The van der Waals surface area contributed by atoms with Crippen LogP contribution in [0.25, 0.3) is 0 Å². The molecule has 3 nitrogen and oxygen atoms in total. The maximum absolute atomic E-state index is 13.5. The summed E-state index contributed by atoms with van der Waals surface area (Å²) in [7, 11) is 0. The number of rotatable bonds is 3. The van der Waals surface area contributed by atoms with E-state index in [0.717, 1.165) is 19.3 Å². The van der Waals surface area contributed by atoms with E-state index in [1.807, 2.05) is 0 Å². The zero-order valence-corrected chi connectivity index (χ0v) is 11.4. The van der Waals surface area contributed by atoms with Crippen molar-refractivity contribution < 1.29 is 14.3 Å². The molecule has 2 atom stereocenters. The highest BCUT2D eigenvalue weighted by Crippen LogP contribution is 2.24. The maximum Gasteiger partial charge on any atom is 0.251 e. The Balaban J connectivity index is 2.00. The van der Waals surface area contributed by atoms with Gasteiger partial charge in [-0.2, -0.15) is 0 Å². The van der Waals surface area contributed by atoms with Gasteiger partial charge in [-0.3, -0.25) is 4.79 Å². The normalized spacial score (nSPS) is 22.5. The fraction of sp³-hybridized carbons (Fsp3) is 0.533. The average molecular weight is 265 g/mol. The van der Waals surface area contributed by atoms with Gasteiger partial charge in [0.1, 0.15) is 5.82 Å². The van der Waals surface area contributed by atoms with Gasteiger partial charge in [-0.25, -0.2) is 4.39 Å². The predicted molar refractivity (Wildman–Crippen MR) is 71.6 cm³/mol. The summed E-state index contributed by atoms with van der Waals surface area (Å²) in [5.41, 5.74) is 1.43. The molecule has 2 N–H and O–H groups in total. The number of benzene rings is 1. The minimum absolute atomic E-state index is 0.145. The fourth-order valence-corrected chi connectivity index (χ4v) is 2.66. The van der Waals surface area contributed by atoms with E-state index in [-0.39, 0.29) is 23.7 Å². The minimum Gasteiger partial charge on any atom is -0.393 e. The molecule has 0 saturated heterocycles. The number of aliphatic hydroxyl groups is 1. The number of amides is 1. The van der Waals surface area contributed by atoms with Gasteiger partial charge in [-0.05, 0) is 49.9 Å². The quantitative estimate of drug-likeness (QED) is 0.881. The largest absolute Gasteiger partial charge is 0.393 e. The predicted octanol–water partition coefficient (Wildman–Crippen LogP) is 2.33. The van der Waals surface area contributed by atoms with E-state index in [4.69, 9.17) is 0 Å². The van der Waals surface area contributed by atoms with Crippen LogP contribution in [0.4, 0.5) is 4.39 Å². The summed E-state index contributed by atoms with van der Waals surface area (Å²) in [6.07, 6.45) is 2.46. The van der Waals surface area contributed by atoms with Gasteiger partial charge < -0.3 is 10.4 Å². The van der Waals surface area contributed by atoms with Crippen LogP contribution < -0.4 is 5.32 Å². The van der Waals surface area contributed by atoms with Crippen molar-refractivity contribution in [3.63, 3.8) is 0 Å². The van der Waals surface area contributed by atoms with Gasteiger partial charge in [0.15, 0.2) is 0 Å². The van der Waals surface area contributed by atoms with Crippen molar-refractivity contribution in [2.75, 3.05) is 6.54 Å². The summed E-state index contributed by atoms with van der Waals surface area (Å²) < 4.78 is 13.5. The summed E-state index contributed by atoms with van der Waals surface area (Å²) in [6, 6.07) is 3.12. The van der Waals surface area contributed by atoms with E-state index < -0.39 is 0 Å². The Kier molecular flexibility index (Phi) is 4.20. The van der Waals surface area contributed by atoms with Crippen LogP contribution in [-0.4, -0.2) is 23.7 Å². The number of nitrogens with one attached hydrogen (secondary N) is 1. The number of aliphatic hydroxyl groups excluding tert-OH is 1. The van der Waals surface area contributed by atoms with Crippen molar-refractivity contribution in [1.29, 1.82) is 0 Å². The Morgan fingerprint density at radius 3 is 2.53 bits per heavy atom. The molecule has 1 fully saturated rings. The Morgan fingerprint density at radius 1 is 1.37 bits per heavy atom. The van der Waals surface area contributed by atoms with Gasteiger partial charge in [0.05, 0.1) is 6.10 Å². The van der Waals surface area contributed by atoms with Crippen LogP contribution in [0.15, 0.2) is 12.1 Å². The third kappa shape index (κ3) is 3.13. The minimum atomic E-state index is -0.308. The van der Waals surface area contributed by atoms with Gasteiger partial charge in [-0.1, -0.05) is 6.42 Å². The van der Waals surface area contributed by atoms with Crippen molar-refractivity contribution in [3.8, 4) is 0 Å². The zero-order valence-electron chi connectivity index (χ0n) is 11.4. The van der Waals surface area contributed by atoms with Crippen molar-refractivity contribution in [2.24, 2.45) is 5.92 Å². The summed E-state index contributed by atoms with van der Waals surface area (Å²) in [4.78, 5) is 12.0. The van der Waals surface area contributed by atoms with Crippen LogP contribution in [0, 0.1) is 25.6 Å². The molecule has 19 heavy (non-hydrogen) atoms. The van der Waals surface area contributed by atoms with Crippen LogP contribution >= 0.6 is 0 Å². The third-order valence-corrected chi connectivity index (χ3v) is 3.84. The van der Waals surface area contributed by atoms with E-state index in [0.29, 0.717) is 23.2 Å². The third-order valence-electron chi connectivity index (χ3n) is 3.84. The molecule has 2 unspecified atom stereocenters. The fourth-order valence-electron chi connectivity index (χ4n) is 2.66. The van der Waals surface area contributed by atoms with E-state index in [1.165, 1.54) is 0 Å². The van der Waals surface area contributed by atoms with Crippen LogP contribution in [0.5, 0.6) is 0 Å². The van der Waals surface area contributed by atoms with Crippen LogP contribution in [0.1, 0.15) is 40.7 Å². The molecule has 104 valence electrons. The van der Waals surface area contributed by atoms with E-state index >= 15 is 0 Å². The van der Waals surface area contributed by atoms with E-state index in [2.05, 4.69) is 5.32 Å². The molecule has 0 spiro atoms. The lowest BCUT2D eigenvalue weighted by Crippen LogP contribution is -2.32. The number of carbonyl (C=O) groups excluding carboxylic acids is 1. The summed E-state index contributed by atoms with van der Waals surface area (Å²) in [5.74, 6) is -0.320. The highest BCUT2D eigenvalue weighted by molar-refractivity contribution is 5.94. The van der Waals surface area contributed by atoms with E-state index in [9.17, 15) is 14.3 Å². The summed E-state index contributed by atoms with van der Waals surface area (Å²) in [6.45, 7) is 3.79. The highest BCUT2D eigenvalue weighted by Gasteiger charge is 2.25. The van der Waals surface area contributed by atoms with Crippen LogP contribution in [0.2, 0.25) is 0 Å². The molecular weight excluding hydrogens is 245 g/mol. The lowest BCUT2D eigenvalue weighted by Gasteiger charge is -2.15. The Morgan fingerprint density at radius 2 is 2.00 bits per heavy atom. The summed E-state index contributed by atoms with van der Waals surface area (Å²) >= 11 is 0. The second-order valence-corrected chi connectivity index (χ2v) is 5.39. The molecule has 1 amide bonds. The molecule has 2 rings (SSSR count). The SMILES string of the molecule is Cc1cc(C(=O)NCC2CCCC2O)cc(C)c1F. The Labute approximate surface area is 112 Å². The molecule has 0 aromatic heterocycles. The number of aryl methyl sites for hydroxylation is 2. The van der Waals surface area contributed by atoms with Crippen LogP contribution in [0.3, 0.4) is 0 Å². The first-order chi connectivity index (χ1) is 8.99. The number of carbonyl (C=O) groups is 1. The molecule has 1 aromatic rings. The molecule has 1 aromatic carbocycles. The van der Waals surface area contributed by atoms with E-state index in [1.54, 1.807) is 26.0 Å². The standard InChI is InChI=1S/C15H20FNO2/c1-9-6-12(7-10(2)14(9)16)15(19)17-8-11-4-3-5-13(11)18/h6-7,11,13,18H,3-5,8H2,1-2H3,(H,17,19). The van der Waals surface area contributed by atoms with Gasteiger partial charge in [0.2, 0.25) is 0 Å². The van der Waals surface area contributed by atoms with Crippen molar-refractivity contribution in [2.45, 2.75) is 39.2 Å². The molecule has 1 aliphatic rings. The van der Waals surface area contributed by atoms with Crippen molar-refractivity contribution in [3.05, 3.63) is 34.6 Å². The lowest BCUT2D eigenvalue weighted by atomic mass is 10.0. The zero-order chi connectivity index (χ0) is 14.0. The lowest BCUT2D eigenvalue weighted by molar-refractivity contribution is 0.0916. The second kappa shape index (κ2) is 5.70. The van der Waals surface area contributed by atoms with Gasteiger partial charge >= 0.3 is 0 Å². The van der Waals surface area contributed by atoms with Gasteiger partial charge in [0, 0.05) is 18.0 Å². The smallest absolute Gasteiger partial charge is 0.251 e. The average Bonchev–Trinajstić information content (AvgIpc) is 2.78. The first-order valence-electron chi connectivity index (χ1n) is 6.72. The number of hydrogen-bond donors (Lipinski definition) is 2. The highest BCUT2D eigenvalue weighted by atomic mass is 19.1. The maximum atomic E-state index is 13.5. The molecule has 4 heteroatoms. The van der Waals surface area contributed by atoms with Crippen molar-refractivity contribution in [1.82, 2.24) is 5.32 Å². The monoisotopic (exact) mass is 265 g/mol. The molecule has 0 bridgehead atoms. The topological polar surface area (TPSA) is 49.3 Å². The summed E-state index contributed by atoms with van der Waals surface area (Å²) in [5, 5.41) is 12.5. The second-order valence-electron chi connectivity index (χ2n) is 5.39. The first kappa shape index (κ1) is 14.0. The van der Waals surface area contributed by atoms with Gasteiger partial charge in [-0.15, -0.1) is 0 Å². The molecular formula is C15H20FNO2. The van der Waals surface area contributed by atoms with Crippen LogP contribution in [-0.2, 0) is 0 Å². The molecule has 1 aliphatic carbocycles. The molecule has 0 radical (unpaired) electrons. The number of halogens is 1. The van der Waals surface area contributed by atoms with Gasteiger partial charge in [0.25, 0.3) is 5.91 Å². The number of hydrogen-bond acceptors (Lipinski definition) is 2. The molecule has 0 heterocycles. The molecule has 1 saturated carbocycles. The first-order valence-corrected chi connectivity index (χ1v) is 6.72. The molecule has 0 aliphatic heterocycles.